The number of aromatic nitrogens is 2. The van der Waals surface area contributed by atoms with Crippen LogP contribution < -0.4 is 11.1 Å². The molecule has 4 heteroatoms. The Kier molecular flexibility index (Phi) is 2.02. The van der Waals surface area contributed by atoms with Crippen molar-refractivity contribution >= 4 is 0 Å². The first-order valence-electron chi connectivity index (χ1n) is 4.14. The number of aromatic amines is 2. The molecule has 0 radical (unpaired) electrons. The van der Waals surface area contributed by atoms with Crippen LogP contribution in [0.1, 0.15) is 0 Å². The molecule has 70 valence electrons. The van der Waals surface area contributed by atoms with Crippen LogP contribution in [0.4, 0.5) is 0 Å². The zero-order chi connectivity index (χ0) is 9.97. The third-order valence-electron chi connectivity index (χ3n) is 1.90. The molecule has 0 saturated heterocycles. The summed E-state index contributed by atoms with van der Waals surface area (Å²) in [6.45, 7) is 0. The summed E-state index contributed by atoms with van der Waals surface area (Å²) in [4.78, 5) is 27.4. The van der Waals surface area contributed by atoms with Gasteiger partial charge in [0.15, 0.2) is 0 Å². The summed E-state index contributed by atoms with van der Waals surface area (Å²) in [6, 6.07) is 6.47. The number of hydrogen-bond donors (Lipinski definition) is 2. The van der Waals surface area contributed by atoms with E-state index in [9.17, 15) is 9.59 Å². The van der Waals surface area contributed by atoms with Gasteiger partial charge >= 0.3 is 0 Å². The fraction of sp³-hybridized carbons (Fsp3) is 0. The maximum Gasteiger partial charge on any atom is 0.255 e. The van der Waals surface area contributed by atoms with Gasteiger partial charge in [0.25, 0.3) is 5.56 Å². The Labute approximate surface area is 79.3 Å². The number of H-pyrrole nitrogens is 2. The standard InChI is InChI=1S/C10H8N2O2/c13-9-6-7(3-5-11-9)8-2-1-4-12-10(8)14/h1-6H,(H,11,13)(H,12,14). The van der Waals surface area contributed by atoms with Crippen LogP contribution in [0.3, 0.4) is 0 Å². The van der Waals surface area contributed by atoms with Gasteiger partial charge in [-0.3, -0.25) is 9.59 Å². The van der Waals surface area contributed by atoms with Crippen molar-refractivity contribution in [3.05, 3.63) is 57.4 Å². The lowest BCUT2D eigenvalue weighted by molar-refractivity contribution is 1.21. The molecule has 0 fully saturated rings. The third kappa shape index (κ3) is 1.50. The van der Waals surface area contributed by atoms with Crippen LogP contribution in [0.5, 0.6) is 0 Å². The third-order valence-corrected chi connectivity index (χ3v) is 1.90. The zero-order valence-corrected chi connectivity index (χ0v) is 7.28. The number of hydrogen-bond acceptors (Lipinski definition) is 2. The van der Waals surface area contributed by atoms with E-state index in [-0.39, 0.29) is 11.1 Å². The molecule has 0 atom stereocenters. The summed E-state index contributed by atoms with van der Waals surface area (Å²) < 4.78 is 0. The van der Waals surface area contributed by atoms with Crippen molar-refractivity contribution in [1.29, 1.82) is 0 Å². The summed E-state index contributed by atoms with van der Waals surface area (Å²) in [7, 11) is 0. The molecule has 2 N–H and O–H groups in total. The molecule has 2 aromatic rings. The Bertz CT molecular complexity index is 554. The van der Waals surface area contributed by atoms with Gasteiger partial charge in [-0.2, -0.15) is 0 Å². The average molecular weight is 188 g/mol. The summed E-state index contributed by atoms with van der Waals surface area (Å²) >= 11 is 0. The Morgan fingerprint density at radius 3 is 2.57 bits per heavy atom. The van der Waals surface area contributed by atoms with Gasteiger partial charge in [-0.25, -0.2) is 0 Å². The molecule has 0 saturated carbocycles. The van der Waals surface area contributed by atoms with Crippen LogP contribution in [0.15, 0.2) is 46.2 Å². The van der Waals surface area contributed by atoms with Crippen molar-refractivity contribution < 1.29 is 0 Å². The van der Waals surface area contributed by atoms with Crippen LogP contribution in [0, 0.1) is 0 Å². The highest BCUT2D eigenvalue weighted by Gasteiger charge is 2.01. The van der Waals surface area contributed by atoms with E-state index in [0.29, 0.717) is 11.1 Å². The van der Waals surface area contributed by atoms with Crippen molar-refractivity contribution in [2.24, 2.45) is 0 Å². The molecular weight excluding hydrogens is 180 g/mol. The molecule has 0 aliphatic heterocycles. The lowest BCUT2D eigenvalue weighted by Gasteiger charge is -1.97. The van der Waals surface area contributed by atoms with Crippen molar-refractivity contribution in [2.75, 3.05) is 0 Å². The van der Waals surface area contributed by atoms with Gasteiger partial charge < -0.3 is 9.97 Å². The maximum absolute atomic E-state index is 11.4. The first-order chi connectivity index (χ1) is 6.77. The molecule has 2 aromatic heterocycles. The minimum atomic E-state index is -0.217. The van der Waals surface area contributed by atoms with Gasteiger partial charge in [0, 0.05) is 24.0 Å². The second kappa shape index (κ2) is 3.33. The highest BCUT2D eigenvalue weighted by Crippen LogP contribution is 2.10. The molecule has 2 rings (SSSR count). The summed E-state index contributed by atoms with van der Waals surface area (Å²) in [5, 5.41) is 0. The van der Waals surface area contributed by atoms with Crippen LogP contribution in [0.25, 0.3) is 11.1 Å². The van der Waals surface area contributed by atoms with E-state index in [1.807, 2.05) is 0 Å². The molecule has 0 aliphatic carbocycles. The van der Waals surface area contributed by atoms with Gasteiger partial charge in [0.2, 0.25) is 5.56 Å². The van der Waals surface area contributed by atoms with E-state index in [1.165, 1.54) is 12.3 Å². The topological polar surface area (TPSA) is 65.7 Å². The van der Waals surface area contributed by atoms with E-state index < -0.39 is 0 Å². The molecule has 0 aromatic carbocycles. The second-order valence-corrected chi connectivity index (χ2v) is 2.85. The summed E-state index contributed by atoms with van der Waals surface area (Å²) in [5.74, 6) is 0. The minimum Gasteiger partial charge on any atom is -0.329 e. The van der Waals surface area contributed by atoms with E-state index in [2.05, 4.69) is 9.97 Å². The smallest absolute Gasteiger partial charge is 0.255 e. The molecular formula is C10H8N2O2. The molecule has 0 unspecified atom stereocenters. The predicted octanol–water partition coefficient (Wildman–Crippen LogP) is 0.730. The van der Waals surface area contributed by atoms with Gasteiger partial charge in [-0.05, 0) is 23.8 Å². The molecule has 2 heterocycles. The summed E-state index contributed by atoms with van der Waals surface area (Å²) in [6.07, 6.45) is 3.07. The number of rotatable bonds is 1. The van der Waals surface area contributed by atoms with E-state index >= 15 is 0 Å². The molecule has 14 heavy (non-hydrogen) atoms. The quantitative estimate of drug-likeness (QED) is 0.692. The molecule has 0 aliphatic rings. The molecule has 0 spiro atoms. The Balaban J connectivity index is 2.67. The molecule has 0 amide bonds. The Morgan fingerprint density at radius 1 is 1.00 bits per heavy atom. The van der Waals surface area contributed by atoms with Crippen LogP contribution in [0.2, 0.25) is 0 Å². The predicted molar refractivity (Wildman–Crippen MR) is 53.1 cm³/mol. The first-order valence-corrected chi connectivity index (χ1v) is 4.14. The SMILES string of the molecule is O=c1cc(-c2ccc[nH]c2=O)cc[nH]1. The van der Waals surface area contributed by atoms with Gasteiger partial charge in [0.05, 0.1) is 0 Å². The Morgan fingerprint density at radius 2 is 1.86 bits per heavy atom. The van der Waals surface area contributed by atoms with Gasteiger partial charge in [0.1, 0.15) is 0 Å². The maximum atomic E-state index is 11.4. The van der Waals surface area contributed by atoms with Gasteiger partial charge in [-0.15, -0.1) is 0 Å². The van der Waals surface area contributed by atoms with E-state index in [4.69, 9.17) is 0 Å². The second-order valence-electron chi connectivity index (χ2n) is 2.85. The van der Waals surface area contributed by atoms with Crippen molar-refractivity contribution in [1.82, 2.24) is 9.97 Å². The largest absolute Gasteiger partial charge is 0.329 e. The van der Waals surface area contributed by atoms with Crippen LogP contribution in [-0.4, -0.2) is 9.97 Å². The van der Waals surface area contributed by atoms with Crippen molar-refractivity contribution in [3.63, 3.8) is 0 Å². The fourth-order valence-corrected chi connectivity index (χ4v) is 1.26. The highest BCUT2D eigenvalue weighted by molar-refractivity contribution is 5.60. The molecule has 0 bridgehead atoms. The lowest BCUT2D eigenvalue weighted by Crippen LogP contribution is -2.09. The summed E-state index contributed by atoms with van der Waals surface area (Å²) in [5.41, 5.74) is 0.707. The monoisotopic (exact) mass is 188 g/mol. The minimum absolute atomic E-state index is 0.196. The lowest BCUT2D eigenvalue weighted by atomic mass is 10.1. The van der Waals surface area contributed by atoms with Crippen molar-refractivity contribution in [2.45, 2.75) is 0 Å². The zero-order valence-electron chi connectivity index (χ0n) is 7.28. The first kappa shape index (κ1) is 8.50. The number of pyridine rings is 2. The van der Waals surface area contributed by atoms with Crippen molar-refractivity contribution in [3.8, 4) is 11.1 Å². The average Bonchev–Trinajstić information content (AvgIpc) is 2.18. The normalized spacial score (nSPS) is 10.0. The number of nitrogens with one attached hydrogen (secondary N) is 2. The highest BCUT2D eigenvalue weighted by atomic mass is 16.1. The fourth-order valence-electron chi connectivity index (χ4n) is 1.26. The van der Waals surface area contributed by atoms with E-state index in [1.54, 1.807) is 24.4 Å². The Hall–Kier alpha value is -2.10. The van der Waals surface area contributed by atoms with E-state index in [0.717, 1.165) is 0 Å². The van der Waals surface area contributed by atoms with Gasteiger partial charge in [-0.1, -0.05) is 0 Å². The molecule has 4 nitrogen and oxygen atoms in total. The van der Waals surface area contributed by atoms with Crippen LogP contribution in [-0.2, 0) is 0 Å². The van der Waals surface area contributed by atoms with Crippen LogP contribution >= 0.6 is 0 Å².